The molecule has 0 saturated carbocycles. The average molecular weight is 814 g/mol. The van der Waals surface area contributed by atoms with Crippen molar-refractivity contribution < 1.29 is 44.1 Å². The summed E-state index contributed by atoms with van der Waals surface area (Å²) < 4.78 is 6.62. The number of thioether (sulfide) groups is 1. The molecule has 2 fully saturated rings. The number of nitrogens with zero attached hydrogens (tertiary/aromatic N) is 1. The van der Waals surface area contributed by atoms with E-state index in [1.165, 1.54) is 24.3 Å². The number of aliphatic hydroxyl groups is 1. The molecule has 0 bridgehead atoms. The Morgan fingerprint density at radius 2 is 1.41 bits per heavy atom. The molecule has 1 aromatic heterocycles. The Balaban J connectivity index is 0.875. The standard InChI is InChI=1S/C43H51N5O9S/c49-36(16-5-2-8-24-44-37(50)17-7-6-15-35-40-34(28-58-35)46-42(54)47-40)45-25-10-26-56-33-14-9-13-32(27-33)43(55,30-11-3-1-4-12-30)31-20-18-29(19-21-31)41(53)57-48-38(51)22-23-39(48)52/h1,3-4,9,11-14,18-23,27,34-35,40,51-52,55H,2,5-8,10,15-17,24-26,28H2,(H,44,50)(H,45,49)(H2,46,47,54)/t34?,35-,40?,43?/m1/s1. The van der Waals surface area contributed by atoms with E-state index in [9.17, 15) is 34.5 Å². The Bertz CT molecular complexity index is 1990. The highest BCUT2D eigenvalue weighted by Gasteiger charge is 2.42. The molecule has 308 valence electrons. The molecule has 2 aliphatic heterocycles. The van der Waals surface area contributed by atoms with Crippen molar-refractivity contribution >= 4 is 35.6 Å². The van der Waals surface area contributed by atoms with Crippen LogP contribution in [-0.4, -0.2) is 86.6 Å². The SMILES string of the molecule is O=C(CCCC[C@H]1SCC2NC(=O)NC21)NCCCCCC(=O)NCCCOc1cccc(C(O)(c2ccccc2)c2ccc(C(=O)On3c(O)ccc3O)cc2)c1. The maximum atomic E-state index is 12.7. The van der Waals surface area contributed by atoms with Crippen molar-refractivity contribution in [2.24, 2.45) is 0 Å². The van der Waals surface area contributed by atoms with E-state index < -0.39 is 23.3 Å². The minimum absolute atomic E-state index is 0.0287. The summed E-state index contributed by atoms with van der Waals surface area (Å²) in [5, 5.41) is 44.3. The van der Waals surface area contributed by atoms with Crippen LogP contribution in [0.15, 0.2) is 91.0 Å². The van der Waals surface area contributed by atoms with Crippen molar-refractivity contribution in [3.8, 4) is 17.5 Å². The number of fused-ring (bicyclic) bond motifs is 1. The number of hydrogen-bond donors (Lipinski definition) is 7. The summed E-state index contributed by atoms with van der Waals surface area (Å²) in [5.41, 5.74) is 0.123. The summed E-state index contributed by atoms with van der Waals surface area (Å²) in [6, 6.07) is 25.2. The first-order valence-electron chi connectivity index (χ1n) is 19.8. The second-order valence-corrected chi connectivity index (χ2v) is 15.8. The first-order valence-corrected chi connectivity index (χ1v) is 20.8. The molecule has 2 aliphatic rings. The fourth-order valence-electron chi connectivity index (χ4n) is 7.22. The minimum Gasteiger partial charge on any atom is -0.494 e. The van der Waals surface area contributed by atoms with Crippen LogP contribution >= 0.6 is 11.8 Å². The zero-order chi connectivity index (χ0) is 40.9. The van der Waals surface area contributed by atoms with Crippen LogP contribution in [0.2, 0.25) is 0 Å². The number of urea groups is 1. The lowest BCUT2D eigenvalue weighted by atomic mass is 9.80. The van der Waals surface area contributed by atoms with Gasteiger partial charge < -0.3 is 46.2 Å². The van der Waals surface area contributed by atoms with Gasteiger partial charge in [-0.2, -0.15) is 11.8 Å². The topological polar surface area (TPSA) is 200 Å². The second kappa shape index (κ2) is 20.1. The number of aromatic nitrogens is 1. The molecule has 0 radical (unpaired) electrons. The molecular formula is C43H51N5O9S. The van der Waals surface area contributed by atoms with Gasteiger partial charge in [-0.1, -0.05) is 67.4 Å². The third-order valence-electron chi connectivity index (χ3n) is 10.3. The van der Waals surface area contributed by atoms with Crippen LogP contribution in [-0.2, 0) is 15.2 Å². The third kappa shape index (κ3) is 10.8. The van der Waals surface area contributed by atoms with Crippen LogP contribution in [0.1, 0.15) is 84.8 Å². The number of carbonyl (C=O) groups excluding carboxylic acids is 4. The van der Waals surface area contributed by atoms with E-state index in [2.05, 4.69) is 21.3 Å². The predicted molar refractivity (Wildman–Crippen MR) is 219 cm³/mol. The number of rotatable bonds is 21. The fourth-order valence-corrected chi connectivity index (χ4v) is 8.77. The molecule has 3 heterocycles. The quantitative estimate of drug-likeness (QED) is 0.0350. The first kappa shape index (κ1) is 41.9. The molecule has 2 saturated heterocycles. The zero-order valence-corrected chi connectivity index (χ0v) is 33.0. The number of carbonyl (C=O) groups is 4. The van der Waals surface area contributed by atoms with E-state index in [1.54, 1.807) is 48.5 Å². The van der Waals surface area contributed by atoms with Crippen LogP contribution in [0.25, 0.3) is 0 Å². The highest BCUT2D eigenvalue weighted by atomic mass is 32.2. The predicted octanol–water partition coefficient (Wildman–Crippen LogP) is 4.74. The van der Waals surface area contributed by atoms with Crippen molar-refractivity contribution in [2.75, 3.05) is 25.4 Å². The van der Waals surface area contributed by atoms with E-state index in [0.29, 0.717) is 71.4 Å². The normalized spacial score (nSPS) is 18.0. The fraction of sp³-hybridized carbons (Fsp3) is 0.395. The Morgan fingerprint density at radius 1 is 0.759 bits per heavy atom. The summed E-state index contributed by atoms with van der Waals surface area (Å²) in [7, 11) is 0. The lowest BCUT2D eigenvalue weighted by Crippen LogP contribution is -2.36. The number of unbranched alkanes of at least 4 members (excludes halogenated alkanes) is 3. The average Bonchev–Trinajstić information content (AvgIpc) is 3.90. The molecular weight excluding hydrogens is 763 g/mol. The van der Waals surface area contributed by atoms with E-state index in [-0.39, 0.29) is 35.5 Å². The molecule has 3 unspecified atom stereocenters. The van der Waals surface area contributed by atoms with E-state index in [4.69, 9.17) is 9.57 Å². The summed E-state index contributed by atoms with van der Waals surface area (Å²) in [4.78, 5) is 54.0. The van der Waals surface area contributed by atoms with Crippen molar-refractivity contribution in [1.29, 1.82) is 0 Å². The van der Waals surface area contributed by atoms with Crippen LogP contribution < -0.4 is 30.8 Å². The largest absolute Gasteiger partial charge is 0.494 e. The van der Waals surface area contributed by atoms with Crippen LogP contribution in [0.4, 0.5) is 4.79 Å². The van der Waals surface area contributed by atoms with Crippen molar-refractivity contribution in [3.63, 3.8) is 0 Å². The highest BCUT2D eigenvalue weighted by Crippen LogP contribution is 2.38. The van der Waals surface area contributed by atoms with Crippen molar-refractivity contribution in [1.82, 2.24) is 26.0 Å². The van der Waals surface area contributed by atoms with Gasteiger partial charge in [-0.25, -0.2) is 9.59 Å². The van der Waals surface area contributed by atoms with E-state index in [0.717, 1.165) is 44.3 Å². The highest BCUT2D eigenvalue weighted by molar-refractivity contribution is 8.00. The van der Waals surface area contributed by atoms with Gasteiger partial charge in [-0.3, -0.25) is 9.59 Å². The van der Waals surface area contributed by atoms with Crippen molar-refractivity contribution in [3.05, 3.63) is 113 Å². The summed E-state index contributed by atoms with van der Waals surface area (Å²) in [5.74, 6) is -0.195. The van der Waals surface area contributed by atoms with E-state index >= 15 is 0 Å². The van der Waals surface area contributed by atoms with Gasteiger partial charge in [0, 0.05) is 49.1 Å². The van der Waals surface area contributed by atoms with Gasteiger partial charge in [0.25, 0.3) is 0 Å². The molecule has 0 aliphatic carbocycles. The minimum atomic E-state index is -1.62. The molecule has 4 aromatic rings. The molecule has 3 aromatic carbocycles. The molecule has 0 spiro atoms. The first-order chi connectivity index (χ1) is 28.1. The molecule has 14 nitrogen and oxygen atoms in total. The van der Waals surface area contributed by atoms with Gasteiger partial charge in [-0.15, -0.1) is 4.73 Å². The molecule has 7 N–H and O–H groups in total. The molecule has 4 atom stereocenters. The van der Waals surface area contributed by atoms with Crippen LogP contribution in [0, 0.1) is 0 Å². The Hall–Kier alpha value is -5.67. The number of hydrogen-bond acceptors (Lipinski definition) is 10. The lowest BCUT2D eigenvalue weighted by molar-refractivity contribution is -0.122. The number of nitrogens with one attached hydrogen (secondary N) is 4. The van der Waals surface area contributed by atoms with E-state index in [1.807, 2.05) is 30.0 Å². The smallest absolute Gasteiger partial charge is 0.363 e. The Morgan fingerprint density at radius 3 is 2.14 bits per heavy atom. The molecule has 58 heavy (non-hydrogen) atoms. The molecule has 15 heteroatoms. The van der Waals surface area contributed by atoms with Gasteiger partial charge in [-0.05, 0) is 73.1 Å². The maximum Gasteiger partial charge on any atom is 0.363 e. The summed E-state index contributed by atoms with van der Waals surface area (Å²) in [6.45, 7) is 1.39. The van der Waals surface area contributed by atoms with Gasteiger partial charge in [0.05, 0.1) is 24.3 Å². The second-order valence-electron chi connectivity index (χ2n) is 14.5. The summed E-state index contributed by atoms with van der Waals surface area (Å²) >= 11 is 1.89. The third-order valence-corrected chi connectivity index (χ3v) is 11.9. The Labute approximate surface area is 341 Å². The number of aromatic hydroxyl groups is 2. The maximum absolute atomic E-state index is 12.7. The lowest BCUT2D eigenvalue weighted by Gasteiger charge is -2.30. The van der Waals surface area contributed by atoms with Crippen LogP contribution in [0.5, 0.6) is 17.5 Å². The molecule has 6 rings (SSSR count). The number of ether oxygens (including phenoxy) is 1. The monoisotopic (exact) mass is 813 g/mol. The van der Waals surface area contributed by atoms with Gasteiger partial charge in [0.1, 0.15) is 11.4 Å². The molecule has 4 amide bonds. The van der Waals surface area contributed by atoms with Gasteiger partial charge >= 0.3 is 12.0 Å². The summed E-state index contributed by atoms with van der Waals surface area (Å²) in [6.07, 6.45) is 6.65. The zero-order valence-electron chi connectivity index (χ0n) is 32.2. The number of amides is 4. The van der Waals surface area contributed by atoms with Gasteiger partial charge in [0.2, 0.25) is 23.6 Å². The number of benzene rings is 3. The van der Waals surface area contributed by atoms with Crippen molar-refractivity contribution in [2.45, 2.75) is 80.7 Å². The van der Waals surface area contributed by atoms with Crippen LogP contribution in [0.3, 0.4) is 0 Å². The Kier molecular flexibility index (Phi) is 14.6. The van der Waals surface area contributed by atoms with Gasteiger partial charge in [0.15, 0.2) is 0 Å².